The number of aromatic amines is 1. The topological polar surface area (TPSA) is 96.8 Å². The van der Waals surface area contributed by atoms with Crippen molar-refractivity contribution in [3.63, 3.8) is 0 Å². The van der Waals surface area contributed by atoms with Crippen LogP contribution in [0.2, 0.25) is 0 Å². The standard InChI is InChI=1S/C31H29F3N4O3/c1-35-30(40)26-15-19(8-9-27(26)34)24-6-4-10-36-29(24)20(11-18-12-21(32)16-22(33)13-18)14-23(39)17-38-28-7-3-2-5-25(28)31(41)37-38/h4,6,8-10,12-13,15-16,20H,2-3,5,7,11,14,17H2,1H3,(H,35,40)(H,37,41)/t20-/m1/s1. The number of fused-ring (bicyclic) bond motifs is 1. The molecule has 2 aromatic heterocycles. The summed E-state index contributed by atoms with van der Waals surface area (Å²) in [5.74, 6) is -3.58. The van der Waals surface area contributed by atoms with Crippen molar-refractivity contribution < 1.29 is 22.8 Å². The first kappa shape index (κ1) is 28.1. The molecule has 2 heterocycles. The molecule has 0 spiro atoms. The number of aromatic nitrogens is 3. The average molecular weight is 563 g/mol. The van der Waals surface area contributed by atoms with Crippen LogP contribution < -0.4 is 10.9 Å². The minimum Gasteiger partial charge on any atom is -0.355 e. The van der Waals surface area contributed by atoms with Crippen LogP contribution in [0.5, 0.6) is 0 Å². The maximum absolute atomic E-state index is 14.4. The van der Waals surface area contributed by atoms with Gasteiger partial charge in [-0.15, -0.1) is 0 Å². The molecule has 1 amide bonds. The van der Waals surface area contributed by atoms with Gasteiger partial charge < -0.3 is 5.32 Å². The van der Waals surface area contributed by atoms with E-state index in [0.717, 1.165) is 24.6 Å². The Hall–Kier alpha value is -4.47. The second kappa shape index (κ2) is 12.0. The summed E-state index contributed by atoms with van der Waals surface area (Å²) >= 11 is 0. The van der Waals surface area contributed by atoms with Crippen LogP contribution in [0.25, 0.3) is 11.1 Å². The Kier molecular flexibility index (Phi) is 8.19. The van der Waals surface area contributed by atoms with E-state index in [2.05, 4.69) is 15.4 Å². The summed E-state index contributed by atoms with van der Waals surface area (Å²) < 4.78 is 44.2. The van der Waals surface area contributed by atoms with Crippen LogP contribution in [0.3, 0.4) is 0 Å². The Balaban J connectivity index is 1.52. The van der Waals surface area contributed by atoms with Crippen molar-refractivity contribution in [3.8, 4) is 11.1 Å². The van der Waals surface area contributed by atoms with Crippen LogP contribution in [0, 0.1) is 17.5 Å². The van der Waals surface area contributed by atoms with E-state index in [0.29, 0.717) is 40.8 Å². The number of Topliss-reactive ketones (excluding diaryl/α,β-unsaturated/α-hetero) is 1. The molecular weight excluding hydrogens is 533 g/mol. The number of pyridine rings is 1. The number of hydrogen-bond donors (Lipinski definition) is 2. The largest absolute Gasteiger partial charge is 0.355 e. The monoisotopic (exact) mass is 562 g/mol. The fraction of sp³-hybridized carbons (Fsp3) is 0.290. The highest BCUT2D eigenvalue weighted by atomic mass is 19.1. The summed E-state index contributed by atoms with van der Waals surface area (Å²) in [6.45, 7) is -0.0574. The maximum atomic E-state index is 14.4. The van der Waals surface area contributed by atoms with Gasteiger partial charge in [0.1, 0.15) is 17.5 Å². The third-order valence-corrected chi connectivity index (χ3v) is 7.46. The zero-order valence-electron chi connectivity index (χ0n) is 22.5. The lowest BCUT2D eigenvalue weighted by molar-refractivity contribution is -0.120. The zero-order chi connectivity index (χ0) is 29.1. The van der Waals surface area contributed by atoms with E-state index in [-0.39, 0.29) is 36.3 Å². The lowest BCUT2D eigenvalue weighted by atomic mass is 9.86. The molecule has 5 rings (SSSR count). The van der Waals surface area contributed by atoms with Crippen molar-refractivity contribution in [2.45, 2.75) is 51.0 Å². The normalized spacial score (nSPS) is 13.5. The molecule has 1 aliphatic rings. The first-order valence-corrected chi connectivity index (χ1v) is 13.5. The fourth-order valence-corrected chi connectivity index (χ4v) is 5.61. The van der Waals surface area contributed by atoms with Crippen molar-refractivity contribution in [1.82, 2.24) is 20.1 Å². The maximum Gasteiger partial charge on any atom is 0.267 e. The molecule has 7 nitrogen and oxygen atoms in total. The lowest BCUT2D eigenvalue weighted by Gasteiger charge is -2.21. The Morgan fingerprint density at radius 1 is 1.05 bits per heavy atom. The molecule has 0 bridgehead atoms. The van der Waals surface area contributed by atoms with Gasteiger partial charge in [-0.3, -0.25) is 29.1 Å². The molecule has 1 aliphatic carbocycles. The Morgan fingerprint density at radius 3 is 2.56 bits per heavy atom. The second-order valence-electron chi connectivity index (χ2n) is 10.3. The summed E-state index contributed by atoms with van der Waals surface area (Å²) in [7, 11) is 1.40. The summed E-state index contributed by atoms with van der Waals surface area (Å²) in [5.41, 5.74) is 3.07. The lowest BCUT2D eigenvalue weighted by Crippen LogP contribution is -2.20. The molecule has 0 saturated carbocycles. The van der Waals surface area contributed by atoms with Crippen LogP contribution >= 0.6 is 0 Å². The average Bonchev–Trinajstić information content (AvgIpc) is 3.26. The fourth-order valence-electron chi connectivity index (χ4n) is 5.61. The van der Waals surface area contributed by atoms with Gasteiger partial charge in [0, 0.05) is 48.5 Å². The molecule has 0 aliphatic heterocycles. The highest BCUT2D eigenvalue weighted by molar-refractivity contribution is 5.95. The third kappa shape index (κ3) is 6.16. The molecule has 212 valence electrons. The number of carbonyl (C=O) groups is 2. The minimum atomic E-state index is -0.739. The van der Waals surface area contributed by atoms with Crippen molar-refractivity contribution >= 4 is 11.7 Å². The van der Waals surface area contributed by atoms with Gasteiger partial charge in [0.25, 0.3) is 11.5 Å². The molecule has 4 aromatic rings. The molecule has 2 aromatic carbocycles. The summed E-state index contributed by atoms with van der Waals surface area (Å²) in [6, 6.07) is 10.7. The minimum absolute atomic E-state index is 0.0410. The van der Waals surface area contributed by atoms with E-state index < -0.39 is 29.3 Å². The summed E-state index contributed by atoms with van der Waals surface area (Å²) in [4.78, 5) is 42.7. The number of H-pyrrole nitrogens is 1. The third-order valence-electron chi connectivity index (χ3n) is 7.46. The Bertz CT molecular complexity index is 1660. The van der Waals surface area contributed by atoms with Gasteiger partial charge in [-0.2, -0.15) is 0 Å². The molecule has 1 atom stereocenters. The SMILES string of the molecule is CNC(=O)c1cc(-c2cccnc2[C@@H](CC(=O)Cn2[nH]c(=O)c3c2CCCC3)Cc2cc(F)cc(F)c2)ccc1F. The van der Waals surface area contributed by atoms with E-state index in [9.17, 15) is 27.6 Å². The Labute approximate surface area is 234 Å². The zero-order valence-corrected chi connectivity index (χ0v) is 22.5. The van der Waals surface area contributed by atoms with Gasteiger partial charge in [0.15, 0.2) is 5.78 Å². The van der Waals surface area contributed by atoms with Crippen molar-refractivity contribution in [1.29, 1.82) is 0 Å². The van der Waals surface area contributed by atoms with Crippen molar-refractivity contribution in [2.75, 3.05) is 7.05 Å². The predicted octanol–water partition coefficient (Wildman–Crippen LogP) is 4.88. The molecule has 41 heavy (non-hydrogen) atoms. The summed E-state index contributed by atoms with van der Waals surface area (Å²) in [5, 5.41) is 5.20. The van der Waals surface area contributed by atoms with Crippen molar-refractivity contribution in [2.24, 2.45) is 0 Å². The van der Waals surface area contributed by atoms with Gasteiger partial charge in [0.2, 0.25) is 0 Å². The molecular formula is C31H29F3N4O3. The van der Waals surface area contributed by atoms with Gasteiger partial charge >= 0.3 is 0 Å². The van der Waals surface area contributed by atoms with E-state index >= 15 is 0 Å². The molecule has 0 radical (unpaired) electrons. The highest BCUT2D eigenvalue weighted by Gasteiger charge is 2.25. The smallest absolute Gasteiger partial charge is 0.267 e. The number of amides is 1. The van der Waals surface area contributed by atoms with Crippen molar-refractivity contribution in [3.05, 3.63) is 111 Å². The number of hydrogen-bond acceptors (Lipinski definition) is 4. The molecule has 2 N–H and O–H groups in total. The van der Waals surface area contributed by atoms with E-state index in [1.807, 2.05) is 0 Å². The van der Waals surface area contributed by atoms with Crippen LogP contribution in [-0.2, 0) is 30.6 Å². The number of benzene rings is 2. The first-order chi connectivity index (χ1) is 19.7. The van der Waals surface area contributed by atoms with Gasteiger partial charge in [-0.1, -0.05) is 12.1 Å². The predicted molar refractivity (Wildman–Crippen MR) is 147 cm³/mol. The molecule has 0 fully saturated rings. The van der Waals surface area contributed by atoms with Crippen LogP contribution in [0.15, 0.2) is 59.5 Å². The first-order valence-electron chi connectivity index (χ1n) is 13.5. The molecule has 10 heteroatoms. The van der Waals surface area contributed by atoms with E-state index in [1.165, 1.54) is 37.4 Å². The van der Waals surface area contributed by atoms with Gasteiger partial charge in [0.05, 0.1) is 17.8 Å². The summed E-state index contributed by atoms with van der Waals surface area (Å²) in [6.07, 6.45) is 4.83. The van der Waals surface area contributed by atoms with E-state index in [1.54, 1.807) is 23.0 Å². The molecule has 0 unspecified atom stereocenters. The quantitative estimate of drug-likeness (QED) is 0.304. The number of nitrogens with one attached hydrogen (secondary N) is 2. The number of halogens is 3. The van der Waals surface area contributed by atoms with Gasteiger partial charge in [-0.05, 0) is 73.6 Å². The van der Waals surface area contributed by atoms with Gasteiger partial charge in [-0.25, -0.2) is 13.2 Å². The highest BCUT2D eigenvalue weighted by Crippen LogP contribution is 2.33. The molecule has 0 saturated heterocycles. The number of rotatable bonds is 9. The van der Waals surface area contributed by atoms with E-state index in [4.69, 9.17) is 0 Å². The number of nitrogens with zero attached hydrogens (tertiary/aromatic N) is 2. The number of carbonyl (C=O) groups excluding carboxylic acids is 2. The van der Waals surface area contributed by atoms with Crippen LogP contribution in [0.4, 0.5) is 13.2 Å². The number of ketones is 1. The van der Waals surface area contributed by atoms with Crippen LogP contribution in [-0.4, -0.2) is 33.5 Å². The van der Waals surface area contributed by atoms with Crippen LogP contribution in [0.1, 0.15) is 58.1 Å². The second-order valence-corrected chi connectivity index (χ2v) is 10.3. The Morgan fingerprint density at radius 2 is 1.80 bits per heavy atom.